The van der Waals surface area contributed by atoms with E-state index in [0.29, 0.717) is 0 Å². The van der Waals surface area contributed by atoms with Crippen molar-refractivity contribution < 1.29 is 36.2 Å². The van der Waals surface area contributed by atoms with Crippen molar-refractivity contribution >= 4 is 42.8 Å². The highest BCUT2D eigenvalue weighted by Crippen LogP contribution is 2.30. The van der Waals surface area contributed by atoms with Crippen molar-refractivity contribution in [2.75, 3.05) is 24.5 Å². The molecule has 0 bridgehead atoms. The number of aliphatic carboxylic acids is 1. The molecule has 0 unspecified atom stereocenters. The van der Waals surface area contributed by atoms with Crippen LogP contribution in [0.2, 0.25) is 0 Å². The number of hydrogen-bond donors (Lipinski definition) is 2. The third-order valence-electron chi connectivity index (χ3n) is 4.65. The van der Waals surface area contributed by atoms with E-state index in [1.165, 1.54) is 4.90 Å². The van der Waals surface area contributed by atoms with Gasteiger partial charge in [-0.1, -0.05) is 16.6 Å². The summed E-state index contributed by atoms with van der Waals surface area (Å²) in [5, 5.41) is 19.2. The van der Waals surface area contributed by atoms with Crippen molar-refractivity contribution in [2.24, 2.45) is 0 Å². The molecule has 3 heterocycles. The van der Waals surface area contributed by atoms with Gasteiger partial charge in [0.05, 0.1) is 4.90 Å². The van der Waals surface area contributed by atoms with E-state index in [1.54, 1.807) is 0 Å². The normalized spacial score (nSPS) is 17.9. The number of thiazole rings is 1. The van der Waals surface area contributed by atoms with Crippen LogP contribution in [0, 0.1) is 0 Å². The fourth-order valence-corrected chi connectivity index (χ4v) is 5.69. The molecule has 1 fully saturated rings. The maximum atomic E-state index is 13.0. The highest BCUT2D eigenvalue weighted by atomic mass is 32.2. The summed E-state index contributed by atoms with van der Waals surface area (Å²) < 4.78 is 67.7. The van der Waals surface area contributed by atoms with Gasteiger partial charge in [0.1, 0.15) is 16.5 Å². The molecule has 0 amide bonds. The molecule has 33 heavy (non-hydrogen) atoms. The van der Waals surface area contributed by atoms with E-state index >= 15 is 0 Å². The summed E-state index contributed by atoms with van der Waals surface area (Å²) in [6.07, 6.45) is -4.94. The number of aromatic amines is 1. The minimum Gasteiger partial charge on any atom is -0.480 e. The third kappa shape index (κ3) is 4.60. The van der Waals surface area contributed by atoms with E-state index in [0.717, 1.165) is 39.9 Å². The summed E-state index contributed by atoms with van der Waals surface area (Å²) in [4.78, 5) is 29.0. The standard InChI is InChI=1S/C16H13F3N6O6S2/c17-16(18,19)31-8-1-3-9(4-2-8)33(29,30)25-6-5-24(7-10(25)14(27)28)15-20-12-11(32-15)13(26)22-23-21-12/h1-4,10H,5-7H2,(H,27,28)(H,21,22,26)/t10-/m1/s1. The van der Waals surface area contributed by atoms with Crippen LogP contribution in [0.15, 0.2) is 34.0 Å². The lowest BCUT2D eigenvalue weighted by Crippen LogP contribution is -2.58. The van der Waals surface area contributed by atoms with Crippen LogP contribution in [-0.2, 0) is 14.8 Å². The number of nitrogens with one attached hydrogen (secondary N) is 1. The number of alkyl halides is 3. The van der Waals surface area contributed by atoms with Gasteiger partial charge in [-0.15, -0.1) is 18.3 Å². The van der Waals surface area contributed by atoms with Gasteiger partial charge in [-0.2, -0.15) is 9.29 Å². The van der Waals surface area contributed by atoms with Gasteiger partial charge in [0.2, 0.25) is 15.7 Å². The number of sulfonamides is 1. The topological polar surface area (TPSA) is 159 Å². The molecule has 176 valence electrons. The number of halogens is 3. The van der Waals surface area contributed by atoms with E-state index in [9.17, 15) is 36.3 Å². The van der Waals surface area contributed by atoms with Crippen molar-refractivity contribution in [3.05, 3.63) is 34.6 Å². The first-order chi connectivity index (χ1) is 15.5. The Morgan fingerprint density at radius 3 is 2.55 bits per heavy atom. The van der Waals surface area contributed by atoms with Crippen LogP contribution in [0.25, 0.3) is 10.3 Å². The molecule has 1 atom stereocenters. The Morgan fingerprint density at radius 2 is 1.94 bits per heavy atom. The summed E-state index contributed by atoms with van der Waals surface area (Å²) in [6, 6.07) is 1.93. The zero-order valence-electron chi connectivity index (χ0n) is 16.2. The molecule has 0 aliphatic carbocycles. The monoisotopic (exact) mass is 506 g/mol. The smallest absolute Gasteiger partial charge is 0.480 e. The zero-order valence-corrected chi connectivity index (χ0v) is 17.8. The SMILES string of the molecule is O=C(O)[C@H]1CN(c2nc3nn[nH]c(=O)c3s2)CCN1S(=O)(=O)c1ccc(OC(F)(F)F)cc1. The van der Waals surface area contributed by atoms with E-state index in [1.807, 2.05) is 0 Å². The number of carboxylic acid groups (broad SMARTS) is 1. The molecular weight excluding hydrogens is 493 g/mol. The number of ether oxygens (including phenoxy) is 1. The summed E-state index contributed by atoms with van der Waals surface area (Å²) in [7, 11) is -4.36. The summed E-state index contributed by atoms with van der Waals surface area (Å²) in [5.74, 6) is -2.05. The lowest BCUT2D eigenvalue weighted by atomic mass is 10.2. The molecule has 4 rings (SSSR count). The minimum absolute atomic E-state index is 0.0451. The van der Waals surface area contributed by atoms with Gasteiger partial charge >= 0.3 is 12.3 Å². The molecule has 1 saturated heterocycles. The second kappa shape index (κ2) is 8.23. The molecule has 17 heteroatoms. The average molecular weight is 506 g/mol. The Hall–Kier alpha value is -3.31. The number of carboxylic acids is 1. The van der Waals surface area contributed by atoms with Gasteiger partial charge < -0.3 is 14.7 Å². The summed E-state index contributed by atoms with van der Waals surface area (Å²) >= 11 is 0.957. The number of aromatic nitrogens is 4. The van der Waals surface area contributed by atoms with Gasteiger partial charge in [0, 0.05) is 19.6 Å². The summed E-state index contributed by atoms with van der Waals surface area (Å²) in [6.45, 7) is -0.490. The first-order valence-corrected chi connectivity index (χ1v) is 11.3. The fourth-order valence-electron chi connectivity index (χ4n) is 3.20. The van der Waals surface area contributed by atoms with Gasteiger partial charge in [0.15, 0.2) is 5.13 Å². The third-order valence-corrected chi connectivity index (χ3v) is 7.68. The Balaban J connectivity index is 1.59. The molecule has 12 nitrogen and oxygen atoms in total. The second-order valence-corrected chi connectivity index (χ2v) is 9.59. The van der Waals surface area contributed by atoms with Crippen molar-refractivity contribution in [3.8, 4) is 5.75 Å². The molecule has 0 saturated carbocycles. The van der Waals surface area contributed by atoms with Crippen molar-refractivity contribution in [1.82, 2.24) is 24.7 Å². The molecule has 1 aliphatic rings. The first kappa shape index (κ1) is 22.9. The number of piperazine rings is 1. The van der Waals surface area contributed by atoms with Crippen LogP contribution in [-0.4, -0.2) is 76.2 Å². The first-order valence-electron chi connectivity index (χ1n) is 9.03. The van der Waals surface area contributed by atoms with Crippen LogP contribution in [0.3, 0.4) is 0 Å². The van der Waals surface area contributed by atoms with E-state index < -0.39 is 44.6 Å². The Kier molecular flexibility index (Phi) is 5.71. The highest BCUT2D eigenvalue weighted by molar-refractivity contribution is 7.89. The van der Waals surface area contributed by atoms with Crippen LogP contribution in [0.5, 0.6) is 5.75 Å². The summed E-state index contributed by atoms with van der Waals surface area (Å²) in [5.41, 5.74) is -0.445. The molecular formula is C16H13F3N6O6S2. The molecule has 2 N–H and O–H groups in total. The molecule has 3 aromatic rings. The lowest BCUT2D eigenvalue weighted by molar-refractivity contribution is -0.274. The zero-order chi connectivity index (χ0) is 24.0. The maximum absolute atomic E-state index is 13.0. The van der Waals surface area contributed by atoms with Crippen LogP contribution < -0.4 is 15.2 Å². The van der Waals surface area contributed by atoms with Crippen molar-refractivity contribution in [1.29, 1.82) is 0 Å². The van der Waals surface area contributed by atoms with E-state index in [4.69, 9.17) is 0 Å². The van der Waals surface area contributed by atoms with Gasteiger partial charge in [-0.25, -0.2) is 13.5 Å². The number of fused-ring (bicyclic) bond motifs is 1. The van der Waals surface area contributed by atoms with Crippen molar-refractivity contribution in [2.45, 2.75) is 17.3 Å². The molecule has 2 aromatic heterocycles. The molecule has 1 aliphatic heterocycles. The van der Waals surface area contributed by atoms with Gasteiger partial charge in [-0.3, -0.25) is 9.59 Å². The highest BCUT2D eigenvalue weighted by Gasteiger charge is 2.41. The quantitative estimate of drug-likeness (QED) is 0.503. The number of nitrogens with zero attached hydrogens (tertiary/aromatic N) is 5. The minimum atomic E-state index is -4.94. The lowest BCUT2D eigenvalue weighted by Gasteiger charge is -2.38. The second-order valence-electron chi connectivity index (χ2n) is 6.73. The molecule has 0 radical (unpaired) electrons. The van der Waals surface area contributed by atoms with Crippen LogP contribution in [0.1, 0.15) is 0 Å². The maximum Gasteiger partial charge on any atom is 0.573 e. The number of rotatable bonds is 5. The predicted molar refractivity (Wildman–Crippen MR) is 106 cm³/mol. The Bertz CT molecular complexity index is 1360. The largest absolute Gasteiger partial charge is 0.573 e. The molecule has 0 spiro atoms. The number of anilines is 1. The van der Waals surface area contributed by atoms with E-state index in [2.05, 4.69) is 25.1 Å². The van der Waals surface area contributed by atoms with Crippen LogP contribution in [0.4, 0.5) is 18.3 Å². The number of hydrogen-bond acceptors (Lipinski definition) is 10. The fraction of sp³-hybridized carbons (Fsp3) is 0.312. The number of benzene rings is 1. The van der Waals surface area contributed by atoms with Gasteiger partial charge in [0.25, 0.3) is 5.56 Å². The Labute approximate surface area is 186 Å². The molecule has 1 aromatic carbocycles. The van der Waals surface area contributed by atoms with E-state index in [-0.39, 0.29) is 35.1 Å². The average Bonchev–Trinajstić information content (AvgIpc) is 3.18. The number of carbonyl (C=O) groups is 1. The van der Waals surface area contributed by atoms with Gasteiger partial charge in [-0.05, 0) is 24.3 Å². The van der Waals surface area contributed by atoms with Crippen LogP contribution >= 0.6 is 11.3 Å². The predicted octanol–water partition coefficient (Wildman–Crippen LogP) is 0.637. The van der Waals surface area contributed by atoms with Crippen molar-refractivity contribution in [3.63, 3.8) is 0 Å². The Morgan fingerprint density at radius 1 is 1.24 bits per heavy atom. The number of H-pyrrole nitrogens is 1.